The van der Waals surface area contributed by atoms with Crippen molar-refractivity contribution in [3.8, 4) is 0 Å². The van der Waals surface area contributed by atoms with Crippen molar-refractivity contribution >= 4 is 46.0 Å². The van der Waals surface area contributed by atoms with Crippen molar-refractivity contribution in [2.24, 2.45) is 5.73 Å². The van der Waals surface area contributed by atoms with Gasteiger partial charge in [-0.15, -0.1) is 0 Å². The largest absolute Gasteiger partial charge is 0.392 e. The van der Waals surface area contributed by atoms with E-state index in [4.69, 9.17) is 5.73 Å². The highest BCUT2D eigenvalue weighted by atomic mass is 32.1. The number of amides is 2. The number of carbonyl (C=O) groups excluding carboxylic acids is 2. The number of rotatable bonds is 3. The number of nitrogens with two attached hydrogens (primary N) is 1. The molecule has 19 heavy (non-hydrogen) atoms. The van der Waals surface area contributed by atoms with E-state index in [9.17, 15) is 9.59 Å². The van der Waals surface area contributed by atoms with Crippen LogP contribution in [0, 0.1) is 0 Å². The minimum atomic E-state index is -0.838. The minimum Gasteiger partial charge on any atom is -0.392 e. The molecule has 0 aliphatic heterocycles. The third-order valence-corrected chi connectivity index (χ3v) is 2.40. The summed E-state index contributed by atoms with van der Waals surface area (Å²) in [5.41, 5.74) is 6.67. The van der Waals surface area contributed by atoms with Gasteiger partial charge in [0.25, 0.3) is 0 Å². The Morgan fingerprint density at radius 1 is 1.32 bits per heavy atom. The summed E-state index contributed by atoms with van der Waals surface area (Å²) in [7, 11) is 0. The molecule has 2 rings (SSSR count). The molecular weight excluding hydrogens is 266 g/mol. The van der Waals surface area contributed by atoms with Crippen LogP contribution in [0.2, 0.25) is 0 Å². The molecule has 0 saturated heterocycles. The topological polar surface area (TPSA) is 113 Å². The lowest BCUT2D eigenvalue weighted by Gasteiger charge is -2.02. The standard InChI is InChI=1S/C11H11N5O2S/c12-8(19)5-13-9(17)10(18)16-11-14-6-3-1-2-4-7(6)15-11/h1-4H,5H2,(H2,12,19)(H,13,17)(H2,14,15,16,18). The van der Waals surface area contributed by atoms with Crippen LogP contribution in [-0.2, 0) is 9.59 Å². The fourth-order valence-corrected chi connectivity index (χ4v) is 1.50. The lowest BCUT2D eigenvalue weighted by atomic mass is 10.3. The summed E-state index contributed by atoms with van der Waals surface area (Å²) in [6.45, 7) is -0.0261. The van der Waals surface area contributed by atoms with Crippen LogP contribution in [0.3, 0.4) is 0 Å². The van der Waals surface area contributed by atoms with Crippen molar-refractivity contribution in [3.05, 3.63) is 24.3 Å². The number of aromatic nitrogens is 2. The van der Waals surface area contributed by atoms with Crippen LogP contribution in [0.1, 0.15) is 0 Å². The van der Waals surface area contributed by atoms with Gasteiger partial charge in [0.05, 0.1) is 22.6 Å². The molecule has 7 nitrogen and oxygen atoms in total. The average Bonchev–Trinajstić information content (AvgIpc) is 2.77. The molecule has 0 radical (unpaired) electrons. The van der Waals surface area contributed by atoms with Crippen LogP contribution in [0.25, 0.3) is 11.0 Å². The number of H-pyrrole nitrogens is 1. The Kier molecular flexibility index (Phi) is 3.71. The smallest absolute Gasteiger partial charge is 0.315 e. The predicted octanol–water partition coefficient (Wildman–Crippen LogP) is -0.0963. The summed E-state index contributed by atoms with van der Waals surface area (Å²) in [6.07, 6.45) is 0. The number of carbonyl (C=O) groups is 2. The molecule has 2 aromatic rings. The Hall–Kier alpha value is -2.48. The molecule has 0 bridgehead atoms. The quantitative estimate of drug-likeness (QED) is 0.462. The van der Waals surface area contributed by atoms with E-state index in [0.29, 0.717) is 5.52 Å². The molecule has 0 aliphatic rings. The van der Waals surface area contributed by atoms with Gasteiger partial charge in [-0.3, -0.25) is 14.9 Å². The monoisotopic (exact) mass is 277 g/mol. The Morgan fingerprint density at radius 3 is 2.74 bits per heavy atom. The van der Waals surface area contributed by atoms with Crippen molar-refractivity contribution in [2.75, 3.05) is 11.9 Å². The predicted molar refractivity (Wildman–Crippen MR) is 74.5 cm³/mol. The molecule has 0 aliphatic carbocycles. The van der Waals surface area contributed by atoms with Crippen LogP contribution in [0.15, 0.2) is 24.3 Å². The van der Waals surface area contributed by atoms with E-state index in [0.717, 1.165) is 5.52 Å². The normalized spacial score (nSPS) is 10.1. The number of nitrogens with one attached hydrogen (secondary N) is 3. The van der Waals surface area contributed by atoms with E-state index >= 15 is 0 Å². The highest BCUT2D eigenvalue weighted by molar-refractivity contribution is 7.80. The number of fused-ring (bicyclic) bond motifs is 1. The van der Waals surface area contributed by atoms with Gasteiger partial charge in [-0.25, -0.2) is 4.98 Å². The summed E-state index contributed by atoms with van der Waals surface area (Å²) in [5, 5.41) is 4.63. The second-order valence-corrected chi connectivity index (χ2v) is 4.23. The van der Waals surface area contributed by atoms with Crippen LogP contribution < -0.4 is 16.4 Å². The van der Waals surface area contributed by atoms with E-state index in [1.807, 2.05) is 18.2 Å². The van der Waals surface area contributed by atoms with Gasteiger partial charge in [0.2, 0.25) is 5.95 Å². The van der Waals surface area contributed by atoms with E-state index in [1.165, 1.54) is 0 Å². The minimum absolute atomic E-state index is 0.0261. The first-order valence-electron chi connectivity index (χ1n) is 5.38. The van der Waals surface area contributed by atoms with Gasteiger partial charge < -0.3 is 16.0 Å². The van der Waals surface area contributed by atoms with E-state index < -0.39 is 11.8 Å². The van der Waals surface area contributed by atoms with Gasteiger partial charge in [0.15, 0.2) is 0 Å². The molecule has 1 aromatic carbocycles. The Balaban J connectivity index is 2.02. The zero-order valence-corrected chi connectivity index (χ0v) is 10.6. The summed E-state index contributed by atoms with van der Waals surface area (Å²) < 4.78 is 0. The molecule has 98 valence electrons. The van der Waals surface area contributed by atoms with E-state index in [2.05, 4.69) is 32.8 Å². The second kappa shape index (κ2) is 5.44. The summed E-state index contributed by atoms with van der Waals surface area (Å²) in [5.74, 6) is -1.46. The Labute approximate surface area is 113 Å². The Bertz CT molecular complexity index is 618. The van der Waals surface area contributed by atoms with Gasteiger partial charge in [0, 0.05) is 0 Å². The number of thiocarbonyl (C=S) groups is 1. The molecule has 1 heterocycles. The van der Waals surface area contributed by atoms with E-state index in [-0.39, 0.29) is 17.5 Å². The number of aromatic amines is 1. The third-order valence-electron chi connectivity index (χ3n) is 2.25. The number of imidazole rings is 1. The number of benzene rings is 1. The maximum absolute atomic E-state index is 11.5. The number of para-hydroxylation sites is 2. The van der Waals surface area contributed by atoms with Crippen molar-refractivity contribution in [3.63, 3.8) is 0 Å². The highest BCUT2D eigenvalue weighted by Gasteiger charge is 2.15. The SMILES string of the molecule is NC(=S)CNC(=O)C(=O)Nc1nc2ccccc2[nH]1. The fourth-order valence-electron chi connectivity index (χ4n) is 1.42. The molecule has 0 unspecified atom stereocenters. The van der Waals surface area contributed by atoms with Crippen molar-refractivity contribution < 1.29 is 9.59 Å². The maximum atomic E-state index is 11.5. The molecule has 0 saturated carbocycles. The first-order valence-corrected chi connectivity index (χ1v) is 5.79. The van der Waals surface area contributed by atoms with Gasteiger partial charge in [-0.2, -0.15) is 0 Å². The zero-order chi connectivity index (χ0) is 13.8. The second-order valence-electron chi connectivity index (χ2n) is 3.71. The van der Waals surface area contributed by atoms with Crippen molar-refractivity contribution in [1.29, 1.82) is 0 Å². The molecule has 0 fully saturated rings. The van der Waals surface area contributed by atoms with Crippen molar-refractivity contribution in [1.82, 2.24) is 15.3 Å². The number of anilines is 1. The number of nitrogens with zero attached hydrogens (tertiary/aromatic N) is 1. The van der Waals surface area contributed by atoms with Gasteiger partial charge >= 0.3 is 11.8 Å². The summed E-state index contributed by atoms with van der Waals surface area (Å²) >= 11 is 4.59. The molecule has 8 heteroatoms. The number of hydrogen-bond acceptors (Lipinski definition) is 4. The molecule has 0 spiro atoms. The zero-order valence-electron chi connectivity index (χ0n) is 9.77. The lowest BCUT2D eigenvalue weighted by Crippen LogP contribution is -2.39. The molecule has 5 N–H and O–H groups in total. The van der Waals surface area contributed by atoms with E-state index in [1.54, 1.807) is 6.07 Å². The first-order chi connectivity index (χ1) is 9.06. The van der Waals surface area contributed by atoms with Gasteiger partial charge in [-0.05, 0) is 12.1 Å². The summed E-state index contributed by atoms with van der Waals surface area (Å²) in [6, 6.07) is 7.25. The maximum Gasteiger partial charge on any atom is 0.315 e. The fraction of sp³-hybridized carbons (Fsp3) is 0.0909. The van der Waals surface area contributed by atoms with Crippen LogP contribution >= 0.6 is 12.2 Å². The Morgan fingerprint density at radius 2 is 2.05 bits per heavy atom. The van der Waals surface area contributed by atoms with Gasteiger partial charge in [-0.1, -0.05) is 24.4 Å². The molecule has 2 amide bonds. The van der Waals surface area contributed by atoms with Crippen molar-refractivity contribution in [2.45, 2.75) is 0 Å². The summed E-state index contributed by atoms with van der Waals surface area (Å²) in [4.78, 5) is 30.0. The lowest BCUT2D eigenvalue weighted by molar-refractivity contribution is -0.136. The van der Waals surface area contributed by atoms with Crippen LogP contribution in [0.5, 0.6) is 0 Å². The molecule has 0 atom stereocenters. The number of hydrogen-bond donors (Lipinski definition) is 4. The average molecular weight is 277 g/mol. The molecular formula is C11H11N5O2S. The highest BCUT2D eigenvalue weighted by Crippen LogP contribution is 2.12. The first kappa shape index (κ1) is 13.0. The van der Waals surface area contributed by atoms with Crippen LogP contribution in [-0.4, -0.2) is 33.3 Å². The van der Waals surface area contributed by atoms with Gasteiger partial charge in [0.1, 0.15) is 0 Å². The third kappa shape index (κ3) is 3.26. The van der Waals surface area contributed by atoms with Crippen LogP contribution in [0.4, 0.5) is 5.95 Å². The molecule has 1 aromatic heterocycles.